The summed E-state index contributed by atoms with van der Waals surface area (Å²) in [6.07, 6.45) is -6.77. The molecule has 0 saturated heterocycles. The van der Waals surface area contributed by atoms with Gasteiger partial charge in [-0.3, -0.25) is 4.79 Å². The highest BCUT2D eigenvalue weighted by Gasteiger charge is 2.43. The van der Waals surface area contributed by atoms with E-state index in [1.165, 1.54) is 11.3 Å². The number of fused-ring (bicyclic) bond motifs is 1. The highest BCUT2D eigenvalue weighted by atomic mass is 32.1. The van der Waals surface area contributed by atoms with E-state index in [2.05, 4.69) is 25.6 Å². The number of hydrogen-bond donors (Lipinski definition) is 5. The van der Waals surface area contributed by atoms with Crippen LogP contribution in [0.2, 0.25) is 0 Å². The van der Waals surface area contributed by atoms with Gasteiger partial charge in [0.05, 0.1) is 40.2 Å². The van der Waals surface area contributed by atoms with Crippen molar-refractivity contribution < 1.29 is 32.9 Å². The number of carbonyl (C=O) groups excluding carboxylic acids is 1. The zero-order chi connectivity index (χ0) is 28.5. The van der Waals surface area contributed by atoms with Crippen LogP contribution in [0.4, 0.5) is 24.9 Å². The van der Waals surface area contributed by atoms with E-state index in [-0.39, 0.29) is 30.7 Å². The molecule has 0 spiro atoms. The number of aryl methyl sites for hydroxylation is 1. The van der Waals surface area contributed by atoms with E-state index >= 15 is 0 Å². The number of alkyl halides is 3. The number of benzene rings is 1. The Morgan fingerprint density at radius 3 is 2.59 bits per heavy atom. The van der Waals surface area contributed by atoms with E-state index in [1.54, 1.807) is 20.8 Å². The zero-order valence-electron chi connectivity index (χ0n) is 21.6. The van der Waals surface area contributed by atoms with Crippen LogP contribution in [-0.4, -0.2) is 74.8 Å². The molecular weight excluding hydrogens is 537 g/mol. The minimum atomic E-state index is -4.48. The summed E-state index contributed by atoms with van der Waals surface area (Å²) in [6, 6.07) is 5.88. The van der Waals surface area contributed by atoms with Crippen molar-refractivity contribution in [1.29, 1.82) is 0 Å². The molecular formula is C25H31F3N6O4S. The monoisotopic (exact) mass is 568 g/mol. The van der Waals surface area contributed by atoms with Crippen LogP contribution in [0.25, 0.3) is 20.8 Å². The molecule has 2 aromatic heterocycles. The summed E-state index contributed by atoms with van der Waals surface area (Å²) < 4.78 is 44.7. The molecule has 14 heteroatoms. The molecule has 0 radical (unpaired) electrons. The van der Waals surface area contributed by atoms with Crippen LogP contribution < -0.4 is 16.4 Å². The Hall–Kier alpha value is -3.07. The Bertz CT molecular complexity index is 1290. The van der Waals surface area contributed by atoms with Gasteiger partial charge in [0.1, 0.15) is 29.5 Å². The highest BCUT2D eigenvalue weighted by Crippen LogP contribution is 2.38. The van der Waals surface area contributed by atoms with Crippen LogP contribution in [0.5, 0.6) is 0 Å². The fraction of sp³-hybridized carbons (Fsp3) is 0.520. The maximum atomic E-state index is 12.8. The Kier molecular flexibility index (Phi) is 8.59. The number of esters is 1. The number of aromatic nitrogens is 3. The molecule has 0 amide bonds. The molecule has 1 aliphatic rings. The summed E-state index contributed by atoms with van der Waals surface area (Å²) in [5, 5.41) is 27.2. The van der Waals surface area contributed by atoms with Crippen molar-refractivity contribution in [3.63, 3.8) is 0 Å². The molecule has 6 N–H and O–H groups in total. The third kappa shape index (κ3) is 6.75. The lowest BCUT2D eigenvalue weighted by Gasteiger charge is -2.21. The van der Waals surface area contributed by atoms with E-state index in [9.17, 15) is 28.2 Å². The Morgan fingerprint density at radius 2 is 1.92 bits per heavy atom. The maximum absolute atomic E-state index is 12.8. The maximum Gasteiger partial charge on any atom is 0.405 e. The average molecular weight is 569 g/mol. The molecule has 0 aliphatic heterocycles. The Labute approximate surface area is 226 Å². The molecule has 4 rings (SSSR count). The first kappa shape index (κ1) is 28.9. The molecule has 1 saturated carbocycles. The average Bonchev–Trinajstić information content (AvgIpc) is 3.41. The van der Waals surface area contributed by atoms with Crippen LogP contribution in [-0.2, 0) is 9.53 Å². The zero-order valence-corrected chi connectivity index (χ0v) is 22.4. The molecule has 0 bridgehead atoms. The summed E-state index contributed by atoms with van der Waals surface area (Å²) in [5.74, 6) is -1.43. The number of thiazole rings is 1. The standard InChI is InChI=1S/C25H31F3N6O4S/c1-11(2)18(29)23(37)38-9-13-8-15(20(36)19(13)35)32-21-17(22-33-14-6-4-5-7-16(14)39-22)12(3)31-24(34-21)30-10-25(26,27)28/h4-7,11,13,15,18-20,35-36H,8-10,29H2,1-3H3,(H2,30,31,32,34). The minimum Gasteiger partial charge on any atom is -0.464 e. The normalized spacial score (nSPS) is 22.3. The van der Waals surface area contributed by atoms with Gasteiger partial charge in [0.25, 0.3) is 0 Å². The lowest BCUT2D eigenvalue weighted by atomic mass is 10.1. The summed E-state index contributed by atoms with van der Waals surface area (Å²) in [6.45, 7) is 3.72. The first-order chi connectivity index (χ1) is 18.3. The van der Waals surface area contributed by atoms with Crippen molar-refractivity contribution in [3.05, 3.63) is 30.0 Å². The number of aliphatic hydroxyl groups excluding tert-OH is 2. The largest absolute Gasteiger partial charge is 0.464 e. The van der Waals surface area contributed by atoms with Crippen LogP contribution >= 0.6 is 11.3 Å². The van der Waals surface area contributed by atoms with Crippen LogP contribution in [0.3, 0.4) is 0 Å². The summed E-state index contributed by atoms with van der Waals surface area (Å²) >= 11 is 1.37. The number of nitrogens with zero attached hydrogens (tertiary/aromatic N) is 3. The van der Waals surface area contributed by atoms with Crippen molar-refractivity contribution in [1.82, 2.24) is 15.0 Å². The number of para-hydroxylation sites is 1. The Morgan fingerprint density at radius 1 is 1.21 bits per heavy atom. The topological polar surface area (TPSA) is 156 Å². The van der Waals surface area contributed by atoms with Gasteiger partial charge in [0, 0.05) is 5.92 Å². The van der Waals surface area contributed by atoms with Crippen molar-refractivity contribution >= 4 is 39.3 Å². The lowest BCUT2D eigenvalue weighted by Crippen LogP contribution is -2.39. The molecule has 5 unspecified atom stereocenters. The number of carbonyl (C=O) groups is 1. The molecule has 10 nitrogen and oxygen atoms in total. The number of aliphatic hydroxyl groups is 2. The van der Waals surface area contributed by atoms with E-state index in [0.717, 1.165) is 10.2 Å². The smallest absolute Gasteiger partial charge is 0.405 e. The summed E-state index contributed by atoms with van der Waals surface area (Å²) in [5.41, 5.74) is 7.40. The van der Waals surface area contributed by atoms with Crippen molar-refractivity contribution in [3.8, 4) is 10.6 Å². The fourth-order valence-electron chi connectivity index (χ4n) is 4.34. The van der Waals surface area contributed by atoms with E-state index in [1.807, 2.05) is 24.3 Å². The van der Waals surface area contributed by atoms with Crippen molar-refractivity contribution in [2.24, 2.45) is 17.6 Å². The number of rotatable bonds is 9. The SMILES string of the molecule is Cc1nc(NCC(F)(F)F)nc(NC2CC(COC(=O)C(N)C(C)C)C(O)C2O)c1-c1nc2ccccc2s1. The second-order valence-corrected chi connectivity index (χ2v) is 11.0. The van der Waals surface area contributed by atoms with Crippen LogP contribution in [0.1, 0.15) is 26.0 Å². The minimum absolute atomic E-state index is 0.131. The molecule has 1 fully saturated rings. The molecule has 1 aliphatic carbocycles. The molecule has 39 heavy (non-hydrogen) atoms. The molecule has 2 heterocycles. The number of halogens is 3. The van der Waals surface area contributed by atoms with Gasteiger partial charge in [-0.15, -0.1) is 11.3 Å². The quantitative estimate of drug-likeness (QED) is 0.243. The van der Waals surface area contributed by atoms with Crippen molar-refractivity contribution in [2.45, 2.75) is 57.7 Å². The van der Waals surface area contributed by atoms with Gasteiger partial charge in [-0.25, -0.2) is 9.97 Å². The molecule has 5 atom stereocenters. The molecule has 212 valence electrons. The predicted octanol–water partition coefficient (Wildman–Crippen LogP) is 3.08. The van der Waals surface area contributed by atoms with Gasteiger partial charge in [-0.05, 0) is 31.4 Å². The van der Waals surface area contributed by atoms with Crippen LogP contribution in [0.15, 0.2) is 24.3 Å². The first-order valence-corrected chi connectivity index (χ1v) is 13.3. The van der Waals surface area contributed by atoms with Gasteiger partial charge in [-0.1, -0.05) is 26.0 Å². The number of nitrogens with one attached hydrogen (secondary N) is 2. The van der Waals surface area contributed by atoms with E-state index < -0.39 is 48.9 Å². The summed E-state index contributed by atoms with van der Waals surface area (Å²) in [4.78, 5) is 25.3. The van der Waals surface area contributed by atoms with E-state index in [0.29, 0.717) is 16.3 Å². The van der Waals surface area contributed by atoms with Crippen molar-refractivity contribution in [2.75, 3.05) is 23.8 Å². The number of ether oxygens (including phenoxy) is 1. The van der Waals surface area contributed by atoms with Crippen LogP contribution in [0, 0.1) is 18.8 Å². The van der Waals surface area contributed by atoms with Gasteiger partial charge in [0.15, 0.2) is 0 Å². The number of hydrogen-bond acceptors (Lipinski definition) is 11. The van der Waals surface area contributed by atoms with Gasteiger partial charge < -0.3 is 31.3 Å². The fourth-order valence-corrected chi connectivity index (χ4v) is 5.40. The summed E-state index contributed by atoms with van der Waals surface area (Å²) in [7, 11) is 0. The third-order valence-electron chi connectivity index (χ3n) is 6.60. The van der Waals surface area contributed by atoms with Gasteiger partial charge >= 0.3 is 12.1 Å². The molecule has 1 aromatic carbocycles. The lowest BCUT2D eigenvalue weighted by molar-refractivity contribution is -0.149. The second-order valence-electron chi connectivity index (χ2n) is 9.94. The number of nitrogens with two attached hydrogens (primary N) is 1. The van der Waals surface area contributed by atoms with E-state index in [4.69, 9.17) is 10.5 Å². The first-order valence-electron chi connectivity index (χ1n) is 12.4. The number of anilines is 2. The third-order valence-corrected chi connectivity index (χ3v) is 7.65. The predicted molar refractivity (Wildman–Crippen MR) is 141 cm³/mol. The molecule has 3 aromatic rings. The highest BCUT2D eigenvalue weighted by molar-refractivity contribution is 7.21. The van der Waals surface area contributed by atoms with Gasteiger partial charge in [-0.2, -0.15) is 18.2 Å². The van der Waals surface area contributed by atoms with Gasteiger partial charge in [0.2, 0.25) is 5.95 Å². The Balaban J connectivity index is 1.61. The second kappa shape index (κ2) is 11.6.